The topological polar surface area (TPSA) is 15.3 Å². The Labute approximate surface area is 130 Å². The Morgan fingerprint density at radius 2 is 1.86 bits per heavy atom. The molecule has 1 aromatic carbocycles. The highest BCUT2D eigenvalue weighted by atomic mass is 15.2. The van der Waals surface area contributed by atoms with Crippen LogP contribution in [-0.4, -0.2) is 29.6 Å². The van der Waals surface area contributed by atoms with E-state index in [1.165, 1.54) is 36.9 Å². The van der Waals surface area contributed by atoms with Gasteiger partial charge in [0.25, 0.3) is 0 Å². The van der Waals surface area contributed by atoms with Gasteiger partial charge in [-0.25, -0.2) is 0 Å². The predicted molar refractivity (Wildman–Crippen MR) is 91.6 cm³/mol. The largest absolute Gasteiger partial charge is 0.312 e. The molecule has 2 rings (SSSR count). The quantitative estimate of drug-likeness (QED) is 0.881. The van der Waals surface area contributed by atoms with E-state index in [4.69, 9.17) is 0 Å². The fourth-order valence-corrected chi connectivity index (χ4v) is 3.14. The molecule has 0 aliphatic carbocycles. The van der Waals surface area contributed by atoms with Gasteiger partial charge < -0.3 is 5.32 Å². The number of likely N-dealkylation sites (tertiary alicyclic amines) is 1. The summed E-state index contributed by atoms with van der Waals surface area (Å²) in [5.41, 5.74) is 3.23. The van der Waals surface area contributed by atoms with E-state index in [0.29, 0.717) is 0 Å². The first kappa shape index (κ1) is 16.5. The van der Waals surface area contributed by atoms with E-state index in [0.717, 1.165) is 25.6 Å². The minimum Gasteiger partial charge on any atom is -0.312 e. The lowest BCUT2D eigenvalue weighted by Gasteiger charge is -2.34. The van der Waals surface area contributed by atoms with Crippen LogP contribution in [0.5, 0.6) is 0 Å². The zero-order valence-electron chi connectivity index (χ0n) is 14.3. The zero-order chi connectivity index (χ0) is 15.3. The Balaban J connectivity index is 1.96. The second-order valence-electron chi connectivity index (χ2n) is 7.51. The van der Waals surface area contributed by atoms with Crippen LogP contribution in [0.1, 0.15) is 58.1 Å². The molecule has 1 N–H and O–H groups in total. The van der Waals surface area contributed by atoms with Gasteiger partial charge in [-0.15, -0.1) is 0 Å². The Bertz CT molecular complexity index is 433. The molecule has 1 heterocycles. The third-order valence-corrected chi connectivity index (χ3v) is 4.48. The minimum absolute atomic E-state index is 0.205. The number of rotatable bonds is 5. The van der Waals surface area contributed by atoms with Crippen molar-refractivity contribution in [3.63, 3.8) is 0 Å². The summed E-state index contributed by atoms with van der Waals surface area (Å²) in [4.78, 5) is 2.65. The van der Waals surface area contributed by atoms with Crippen LogP contribution in [0.2, 0.25) is 0 Å². The summed E-state index contributed by atoms with van der Waals surface area (Å²) in [5, 5.41) is 3.60. The van der Waals surface area contributed by atoms with Crippen molar-refractivity contribution in [1.82, 2.24) is 10.2 Å². The van der Waals surface area contributed by atoms with Crippen molar-refractivity contribution in [3.05, 3.63) is 35.4 Å². The van der Waals surface area contributed by atoms with Crippen molar-refractivity contribution in [2.45, 2.75) is 71.5 Å². The van der Waals surface area contributed by atoms with Crippen LogP contribution in [0.4, 0.5) is 0 Å². The van der Waals surface area contributed by atoms with E-state index in [9.17, 15) is 0 Å². The molecule has 2 nitrogen and oxygen atoms in total. The first-order valence-electron chi connectivity index (χ1n) is 8.51. The summed E-state index contributed by atoms with van der Waals surface area (Å²) in [5.74, 6) is 0. The van der Waals surface area contributed by atoms with Gasteiger partial charge in [0.1, 0.15) is 0 Å². The van der Waals surface area contributed by atoms with E-state index in [1.54, 1.807) is 0 Å². The first-order chi connectivity index (χ1) is 9.96. The van der Waals surface area contributed by atoms with Gasteiger partial charge in [0, 0.05) is 18.1 Å². The molecule has 1 atom stereocenters. The average Bonchev–Trinajstić information content (AvgIpc) is 2.42. The molecule has 0 aromatic heterocycles. The average molecular weight is 288 g/mol. The van der Waals surface area contributed by atoms with Gasteiger partial charge in [-0.05, 0) is 71.2 Å². The lowest BCUT2D eigenvalue weighted by atomic mass is 9.99. The molecule has 1 aliphatic heterocycles. The van der Waals surface area contributed by atoms with Crippen LogP contribution in [-0.2, 0) is 13.0 Å². The Kier molecular flexibility index (Phi) is 5.83. The predicted octanol–water partition coefficient (Wildman–Crippen LogP) is 3.99. The van der Waals surface area contributed by atoms with E-state index in [-0.39, 0.29) is 5.54 Å². The van der Waals surface area contributed by atoms with E-state index in [2.05, 4.69) is 62.2 Å². The highest BCUT2D eigenvalue weighted by molar-refractivity contribution is 5.27. The maximum Gasteiger partial charge on any atom is 0.0239 e. The molecule has 1 fully saturated rings. The number of hydrogen-bond donors (Lipinski definition) is 1. The van der Waals surface area contributed by atoms with Crippen molar-refractivity contribution in [2.24, 2.45) is 0 Å². The third kappa shape index (κ3) is 5.44. The lowest BCUT2D eigenvalue weighted by Crippen LogP contribution is -2.38. The first-order valence-corrected chi connectivity index (χ1v) is 8.51. The van der Waals surface area contributed by atoms with Gasteiger partial charge >= 0.3 is 0 Å². The van der Waals surface area contributed by atoms with Crippen LogP contribution < -0.4 is 5.32 Å². The zero-order valence-corrected chi connectivity index (χ0v) is 14.3. The van der Waals surface area contributed by atoms with Crippen molar-refractivity contribution in [1.29, 1.82) is 0 Å². The maximum atomic E-state index is 3.60. The molecule has 0 bridgehead atoms. The molecule has 21 heavy (non-hydrogen) atoms. The molecule has 0 amide bonds. The third-order valence-electron chi connectivity index (χ3n) is 4.48. The summed E-state index contributed by atoms with van der Waals surface area (Å²) in [6.07, 6.45) is 5.23. The number of benzene rings is 1. The lowest BCUT2D eigenvalue weighted by molar-refractivity contribution is 0.152. The molecule has 0 radical (unpaired) electrons. The number of nitrogens with zero attached hydrogens (tertiary/aromatic N) is 1. The molecule has 1 aliphatic rings. The van der Waals surface area contributed by atoms with E-state index in [1.807, 2.05) is 0 Å². The Hall–Kier alpha value is -0.860. The standard InChI is InChI=1S/C19H32N2/c1-16-9-7-8-14-21(16)15-18-11-6-5-10-17(18)12-13-20-19(2,3)4/h5-6,10-11,16,20H,7-9,12-15H2,1-4H3. The number of hydrogen-bond acceptors (Lipinski definition) is 2. The van der Waals surface area contributed by atoms with Gasteiger partial charge in [-0.2, -0.15) is 0 Å². The van der Waals surface area contributed by atoms with Crippen molar-refractivity contribution < 1.29 is 0 Å². The minimum atomic E-state index is 0.205. The molecule has 1 unspecified atom stereocenters. The second kappa shape index (κ2) is 7.42. The van der Waals surface area contributed by atoms with Gasteiger partial charge in [-0.3, -0.25) is 4.90 Å². The summed E-state index contributed by atoms with van der Waals surface area (Å²) in [6.45, 7) is 12.5. The highest BCUT2D eigenvalue weighted by Crippen LogP contribution is 2.21. The van der Waals surface area contributed by atoms with E-state index >= 15 is 0 Å². The fourth-order valence-electron chi connectivity index (χ4n) is 3.14. The maximum absolute atomic E-state index is 3.60. The van der Waals surface area contributed by atoms with Crippen LogP contribution in [0.3, 0.4) is 0 Å². The van der Waals surface area contributed by atoms with Gasteiger partial charge in [0.05, 0.1) is 0 Å². The molecule has 0 saturated carbocycles. The summed E-state index contributed by atoms with van der Waals surface area (Å²) < 4.78 is 0. The molecule has 2 heteroatoms. The van der Waals surface area contributed by atoms with Crippen molar-refractivity contribution in [3.8, 4) is 0 Å². The number of piperidine rings is 1. The van der Waals surface area contributed by atoms with Gasteiger partial charge in [0.15, 0.2) is 0 Å². The van der Waals surface area contributed by atoms with Crippen LogP contribution in [0.15, 0.2) is 24.3 Å². The Morgan fingerprint density at radius 1 is 1.14 bits per heavy atom. The Morgan fingerprint density at radius 3 is 2.52 bits per heavy atom. The highest BCUT2D eigenvalue weighted by Gasteiger charge is 2.19. The summed E-state index contributed by atoms with van der Waals surface area (Å²) in [6, 6.07) is 9.71. The van der Waals surface area contributed by atoms with Crippen molar-refractivity contribution in [2.75, 3.05) is 13.1 Å². The van der Waals surface area contributed by atoms with E-state index < -0.39 is 0 Å². The second-order valence-corrected chi connectivity index (χ2v) is 7.51. The van der Waals surface area contributed by atoms with Crippen LogP contribution in [0, 0.1) is 0 Å². The van der Waals surface area contributed by atoms with Crippen LogP contribution in [0.25, 0.3) is 0 Å². The fraction of sp³-hybridized carbons (Fsp3) is 0.684. The summed E-state index contributed by atoms with van der Waals surface area (Å²) in [7, 11) is 0. The van der Waals surface area contributed by atoms with Gasteiger partial charge in [-0.1, -0.05) is 30.7 Å². The monoisotopic (exact) mass is 288 g/mol. The smallest absolute Gasteiger partial charge is 0.0239 e. The number of nitrogens with one attached hydrogen (secondary N) is 1. The van der Waals surface area contributed by atoms with Crippen molar-refractivity contribution >= 4 is 0 Å². The molecular formula is C19H32N2. The van der Waals surface area contributed by atoms with Gasteiger partial charge in [0.2, 0.25) is 0 Å². The molecule has 118 valence electrons. The summed E-state index contributed by atoms with van der Waals surface area (Å²) >= 11 is 0. The normalized spacial score (nSPS) is 20.7. The molecular weight excluding hydrogens is 256 g/mol. The van der Waals surface area contributed by atoms with Crippen LogP contribution >= 0.6 is 0 Å². The molecule has 1 aromatic rings. The molecule has 1 saturated heterocycles. The molecule has 0 spiro atoms. The SMILES string of the molecule is CC1CCCCN1Cc1ccccc1CCNC(C)(C)C.